The van der Waals surface area contributed by atoms with Gasteiger partial charge in [0.15, 0.2) is 5.75 Å². The normalized spacial score (nSPS) is 11.5. The molecule has 0 radical (unpaired) electrons. The average Bonchev–Trinajstić information content (AvgIpc) is 2.79. The first-order valence-electron chi connectivity index (χ1n) is 9.21. The first kappa shape index (κ1) is 18.6. The number of benzene rings is 3. The van der Waals surface area contributed by atoms with Crippen LogP contribution in [-0.4, -0.2) is 21.3 Å². The van der Waals surface area contributed by atoms with Gasteiger partial charge in [-0.15, -0.1) is 0 Å². The van der Waals surface area contributed by atoms with E-state index in [1.807, 2.05) is 72.8 Å². The van der Waals surface area contributed by atoms with Crippen LogP contribution < -0.4 is 24.6 Å². The number of para-hydroxylation sites is 1. The molecule has 0 unspecified atom stereocenters. The molecule has 0 aliphatic heterocycles. The van der Waals surface area contributed by atoms with E-state index in [1.54, 1.807) is 21.3 Å². The minimum atomic E-state index is 0.695. The van der Waals surface area contributed by atoms with Crippen LogP contribution in [0.2, 0.25) is 0 Å². The van der Waals surface area contributed by atoms with Gasteiger partial charge in [-0.25, -0.2) is 4.99 Å². The summed E-state index contributed by atoms with van der Waals surface area (Å²) in [7, 11) is 4.93. The highest BCUT2D eigenvalue weighted by Gasteiger charge is 2.13. The maximum absolute atomic E-state index is 6.16. The van der Waals surface area contributed by atoms with Crippen molar-refractivity contribution in [3.05, 3.63) is 78.2 Å². The van der Waals surface area contributed by atoms with Gasteiger partial charge >= 0.3 is 0 Å². The predicted octanol–water partition coefficient (Wildman–Crippen LogP) is 3.44. The van der Waals surface area contributed by atoms with Gasteiger partial charge < -0.3 is 18.6 Å². The molecule has 4 aromatic rings. The second-order valence-corrected chi connectivity index (χ2v) is 6.44. The average molecular weight is 388 g/mol. The van der Waals surface area contributed by atoms with Crippen LogP contribution in [-0.2, 0) is 0 Å². The Balaban J connectivity index is 1.92. The van der Waals surface area contributed by atoms with E-state index in [4.69, 9.17) is 18.6 Å². The summed E-state index contributed by atoms with van der Waals surface area (Å²) < 4.78 is 22.2. The first-order valence-corrected chi connectivity index (χ1v) is 9.21. The molecule has 5 nitrogen and oxygen atoms in total. The monoisotopic (exact) mass is 388 g/mol. The maximum atomic E-state index is 6.16. The number of hydrogen-bond acceptors (Lipinski definition) is 4. The number of nitrogens with one attached hydrogen (secondary N) is 1. The zero-order chi connectivity index (χ0) is 20.2. The van der Waals surface area contributed by atoms with Gasteiger partial charge in [0.05, 0.1) is 32.8 Å². The van der Waals surface area contributed by atoms with E-state index in [0.717, 1.165) is 44.8 Å². The number of hydrogen-bond donors (Lipinski definition) is 1. The van der Waals surface area contributed by atoms with Crippen molar-refractivity contribution in [1.82, 2.24) is 0 Å². The lowest BCUT2D eigenvalue weighted by Crippen LogP contribution is -2.70. The summed E-state index contributed by atoms with van der Waals surface area (Å²) in [6.07, 6.45) is 0. The van der Waals surface area contributed by atoms with Crippen molar-refractivity contribution in [2.24, 2.45) is 0 Å². The minimum Gasteiger partial charge on any atom is -0.497 e. The molecule has 0 saturated heterocycles. The van der Waals surface area contributed by atoms with Crippen molar-refractivity contribution in [2.75, 3.05) is 21.3 Å². The van der Waals surface area contributed by atoms with Crippen molar-refractivity contribution in [3.8, 4) is 28.6 Å². The number of ether oxygens (including phenoxy) is 3. The Morgan fingerprint density at radius 3 is 2.17 bits per heavy atom. The van der Waals surface area contributed by atoms with Gasteiger partial charge in [0, 0.05) is 17.7 Å². The molecule has 1 heterocycles. The molecule has 0 fully saturated rings. The van der Waals surface area contributed by atoms with Gasteiger partial charge in [-0.1, -0.05) is 12.1 Å². The number of methoxy groups -OCH3 is 3. The van der Waals surface area contributed by atoms with Crippen LogP contribution in [0, 0.1) is 0 Å². The molecule has 0 amide bonds. The molecule has 1 aromatic heterocycles. The lowest BCUT2D eigenvalue weighted by Gasteiger charge is -2.05. The van der Waals surface area contributed by atoms with Gasteiger partial charge in [0.25, 0.3) is 0 Å². The van der Waals surface area contributed by atoms with Gasteiger partial charge in [0.1, 0.15) is 22.8 Å². The van der Waals surface area contributed by atoms with E-state index in [0.29, 0.717) is 5.75 Å². The highest BCUT2D eigenvalue weighted by Crippen LogP contribution is 2.26. The van der Waals surface area contributed by atoms with Crippen molar-refractivity contribution >= 4 is 16.7 Å². The fraction of sp³-hybridized carbons (Fsp3) is 0.125. The van der Waals surface area contributed by atoms with Crippen LogP contribution in [0.15, 0.2) is 77.2 Å². The third-order valence-corrected chi connectivity index (χ3v) is 4.73. The predicted molar refractivity (Wildman–Crippen MR) is 112 cm³/mol. The molecular formula is C24H22NO4+. The van der Waals surface area contributed by atoms with E-state index >= 15 is 0 Å². The molecule has 4 rings (SSSR count). The molecule has 0 spiro atoms. The van der Waals surface area contributed by atoms with Crippen LogP contribution in [0.25, 0.3) is 22.3 Å². The van der Waals surface area contributed by atoms with Crippen molar-refractivity contribution in [2.45, 2.75) is 0 Å². The van der Waals surface area contributed by atoms with Crippen LogP contribution in [0.1, 0.15) is 0 Å². The fourth-order valence-corrected chi connectivity index (χ4v) is 3.18. The minimum absolute atomic E-state index is 0.695. The lowest BCUT2D eigenvalue weighted by atomic mass is 10.1. The second-order valence-electron chi connectivity index (χ2n) is 6.44. The molecular weight excluding hydrogens is 366 g/mol. The fourth-order valence-electron chi connectivity index (χ4n) is 3.18. The second kappa shape index (κ2) is 8.10. The van der Waals surface area contributed by atoms with Gasteiger partial charge in [-0.2, -0.15) is 0 Å². The van der Waals surface area contributed by atoms with Crippen LogP contribution >= 0.6 is 0 Å². The standard InChI is InChI=1S/C24H21NO4/c1-26-17-10-8-16(9-11-17)23-15-21(19-6-4-5-7-22(19)29-23)25-20-13-12-18(27-2)14-24(20)28-3/h4-15H,1-3H3/p+1. The van der Waals surface area contributed by atoms with Gasteiger partial charge in [-0.3, -0.25) is 0 Å². The Kier molecular flexibility index (Phi) is 5.20. The Labute approximate surface area is 168 Å². The molecule has 146 valence electrons. The summed E-state index contributed by atoms with van der Waals surface area (Å²) in [5.41, 5.74) is 2.59. The summed E-state index contributed by atoms with van der Waals surface area (Å²) in [5, 5.41) is 1.89. The Hall–Kier alpha value is -3.73. The third kappa shape index (κ3) is 3.80. The van der Waals surface area contributed by atoms with Crippen LogP contribution in [0.5, 0.6) is 17.2 Å². The first-order chi connectivity index (χ1) is 14.2. The van der Waals surface area contributed by atoms with Crippen molar-refractivity contribution in [3.63, 3.8) is 0 Å². The number of fused-ring (bicyclic) bond motifs is 1. The quantitative estimate of drug-likeness (QED) is 0.569. The smallest absolute Gasteiger partial charge is 0.246 e. The zero-order valence-corrected chi connectivity index (χ0v) is 16.6. The highest BCUT2D eigenvalue weighted by molar-refractivity contribution is 5.78. The van der Waals surface area contributed by atoms with Crippen molar-refractivity contribution in [1.29, 1.82) is 0 Å². The van der Waals surface area contributed by atoms with E-state index in [2.05, 4.69) is 4.99 Å². The largest absolute Gasteiger partial charge is 0.497 e. The Bertz CT molecular complexity index is 1210. The van der Waals surface area contributed by atoms with E-state index in [1.165, 1.54) is 0 Å². The number of rotatable bonds is 5. The maximum Gasteiger partial charge on any atom is 0.246 e. The lowest BCUT2D eigenvalue weighted by molar-refractivity contribution is -0.401. The molecule has 0 saturated carbocycles. The summed E-state index contributed by atoms with van der Waals surface area (Å²) in [6, 6.07) is 23.4. The Morgan fingerprint density at radius 2 is 1.45 bits per heavy atom. The molecule has 3 aromatic carbocycles. The topological polar surface area (TPSA) is 54.8 Å². The summed E-state index contributed by atoms with van der Waals surface area (Å²) in [4.78, 5) is 3.49. The summed E-state index contributed by atoms with van der Waals surface area (Å²) >= 11 is 0. The molecule has 0 atom stereocenters. The van der Waals surface area contributed by atoms with E-state index in [-0.39, 0.29) is 0 Å². The third-order valence-electron chi connectivity index (χ3n) is 4.73. The molecule has 0 aliphatic carbocycles. The molecule has 5 heteroatoms. The molecule has 0 aliphatic rings. The van der Waals surface area contributed by atoms with Crippen LogP contribution in [0.4, 0.5) is 5.69 Å². The Morgan fingerprint density at radius 1 is 0.724 bits per heavy atom. The molecule has 1 N–H and O–H groups in total. The zero-order valence-electron chi connectivity index (χ0n) is 16.6. The SMILES string of the molecule is COc1ccc(-c2cc(=[NH+]c3ccc(OC)cc3OC)c3ccccc3o2)cc1. The van der Waals surface area contributed by atoms with Crippen molar-refractivity contribution < 1.29 is 23.6 Å². The molecule has 29 heavy (non-hydrogen) atoms. The van der Waals surface area contributed by atoms with Gasteiger partial charge in [-0.05, 0) is 42.5 Å². The van der Waals surface area contributed by atoms with E-state index in [9.17, 15) is 0 Å². The summed E-state index contributed by atoms with van der Waals surface area (Å²) in [5.74, 6) is 2.98. The van der Waals surface area contributed by atoms with Crippen LogP contribution in [0.3, 0.4) is 0 Å². The molecule has 0 bridgehead atoms. The van der Waals surface area contributed by atoms with E-state index < -0.39 is 0 Å². The highest BCUT2D eigenvalue weighted by atomic mass is 16.5. The summed E-state index contributed by atoms with van der Waals surface area (Å²) in [6.45, 7) is 0. The van der Waals surface area contributed by atoms with Gasteiger partial charge in [0.2, 0.25) is 11.0 Å².